The molecule has 0 spiro atoms. The highest BCUT2D eigenvalue weighted by molar-refractivity contribution is 7.98. The molecule has 0 aliphatic carbocycles. The van der Waals surface area contributed by atoms with Gasteiger partial charge in [-0.25, -0.2) is 4.98 Å². The number of rotatable bonds is 4. The molecule has 0 atom stereocenters. The van der Waals surface area contributed by atoms with E-state index in [1.807, 2.05) is 18.2 Å². The van der Waals surface area contributed by atoms with Crippen LogP contribution in [0.15, 0.2) is 50.8 Å². The number of hydrogen-bond acceptors (Lipinski definition) is 6. The van der Waals surface area contributed by atoms with Crippen molar-refractivity contribution in [3.8, 4) is 11.5 Å². The Labute approximate surface area is 137 Å². The summed E-state index contributed by atoms with van der Waals surface area (Å²) in [6, 6.07) is 9.44. The average molecular weight is 354 g/mol. The minimum absolute atomic E-state index is 0.0735. The van der Waals surface area contributed by atoms with Crippen molar-refractivity contribution in [2.24, 2.45) is 0 Å². The monoisotopic (exact) mass is 354 g/mol. The van der Waals surface area contributed by atoms with Gasteiger partial charge in [-0.1, -0.05) is 30.0 Å². The summed E-state index contributed by atoms with van der Waals surface area (Å²) in [7, 11) is 0. The maximum atomic E-state index is 12.6. The fraction of sp³-hybridized carbons (Fsp3) is 0.143. The van der Waals surface area contributed by atoms with Gasteiger partial charge < -0.3 is 9.40 Å². The molecule has 2 aromatic heterocycles. The van der Waals surface area contributed by atoms with Crippen molar-refractivity contribution in [3.05, 3.63) is 58.3 Å². The van der Waals surface area contributed by atoms with E-state index in [1.165, 1.54) is 0 Å². The number of nitrogens with zero attached hydrogens (tertiary/aromatic N) is 3. The second-order valence-corrected chi connectivity index (χ2v) is 5.55. The summed E-state index contributed by atoms with van der Waals surface area (Å²) in [5.41, 5.74) is -1.40. The number of benzene rings is 1. The fourth-order valence-electron chi connectivity index (χ4n) is 1.79. The zero-order valence-electron chi connectivity index (χ0n) is 11.9. The van der Waals surface area contributed by atoms with Crippen molar-refractivity contribution in [1.82, 2.24) is 20.2 Å². The van der Waals surface area contributed by atoms with Crippen molar-refractivity contribution < 1.29 is 17.6 Å². The van der Waals surface area contributed by atoms with Crippen LogP contribution >= 0.6 is 11.8 Å². The molecule has 24 heavy (non-hydrogen) atoms. The number of nitrogens with one attached hydrogen (secondary N) is 1. The van der Waals surface area contributed by atoms with Crippen LogP contribution in [0.5, 0.6) is 0 Å². The lowest BCUT2D eigenvalue weighted by Crippen LogP contribution is -2.16. The molecule has 1 aromatic carbocycles. The number of aromatic nitrogens is 4. The predicted molar refractivity (Wildman–Crippen MR) is 79.2 cm³/mol. The van der Waals surface area contributed by atoms with Crippen LogP contribution in [-0.2, 0) is 11.9 Å². The van der Waals surface area contributed by atoms with E-state index in [0.717, 1.165) is 17.3 Å². The smallest absolute Gasteiger partial charge is 0.420 e. The molecule has 0 fully saturated rings. The number of H-pyrrole nitrogens is 1. The van der Waals surface area contributed by atoms with Crippen LogP contribution in [0.1, 0.15) is 11.6 Å². The van der Waals surface area contributed by atoms with E-state index < -0.39 is 17.4 Å². The largest absolute Gasteiger partial charge is 0.433 e. The third kappa shape index (κ3) is 3.82. The van der Waals surface area contributed by atoms with E-state index in [4.69, 9.17) is 4.42 Å². The second kappa shape index (κ2) is 6.48. The quantitative estimate of drug-likeness (QED) is 0.572. The third-order valence-corrected chi connectivity index (χ3v) is 3.69. The molecule has 3 rings (SSSR count). The SMILES string of the molecule is O=c1cc(C(F)(F)F)nc(SCc2nnc(-c3ccccc3)o2)[nH]1. The van der Waals surface area contributed by atoms with Gasteiger partial charge in [-0.15, -0.1) is 10.2 Å². The summed E-state index contributed by atoms with van der Waals surface area (Å²) in [5, 5.41) is 7.52. The predicted octanol–water partition coefficient (Wildman–Crippen LogP) is 3.13. The molecule has 1 N–H and O–H groups in total. The van der Waals surface area contributed by atoms with E-state index in [2.05, 4.69) is 20.2 Å². The van der Waals surface area contributed by atoms with Crippen molar-refractivity contribution >= 4 is 11.8 Å². The summed E-state index contributed by atoms with van der Waals surface area (Å²) in [5.74, 6) is 0.583. The molecule has 0 amide bonds. The molecule has 0 saturated heterocycles. The number of halogens is 3. The van der Waals surface area contributed by atoms with Crippen LogP contribution in [0.3, 0.4) is 0 Å². The first-order valence-corrected chi connectivity index (χ1v) is 7.59. The van der Waals surface area contributed by atoms with Gasteiger partial charge in [-0.05, 0) is 12.1 Å². The standard InChI is InChI=1S/C14H9F3N4O2S/c15-14(16,17)9-6-10(22)19-13(18-9)24-7-11-20-21-12(23-11)8-4-2-1-3-5-8/h1-6H,7H2,(H,18,19,22). The van der Waals surface area contributed by atoms with Gasteiger partial charge in [0.2, 0.25) is 11.8 Å². The molecule has 0 bridgehead atoms. The zero-order valence-corrected chi connectivity index (χ0v) is 12.7. The minimum atomic E-state index is -4.69. The Kier molecular flexibility index (Phi) is 4.38. The van der Waals surface area contributed by atoms with E-state index in [9.17, 15) is 18.0 Å². The molecular formula is C14H9F3N4O2S. The highest BCUT2D eigenvalue weighted by Gasteiger charge is 2.33. The van der Waals surface area contributed by atoms with Gasteiger partial charge in [0.15, 0.2) is 10.9 Å². The molecule has 3 aromatic rings. The topological polar surface area (TPSA) is 84.7 Å². The van der Waals surface area contributed by atoms with Gasteiger partial charge in [0.05, 0.1) is 5.75 Å². The van der Waals surface area contributed by atoms with Crippen LogP contribution < -0.4 is 5.56 Å². The van der Waals surface area contributed by atoms with E-state index in [-0.39, 0.29) is 16.8 Å². The van der Waals surface area contributed by atoms with Crippen molar-refractivity contribution in [2.45, 2.75) is 17.1 Å². The van der Waals surface area contributed by atoms with Gasteiger partial charge in [-0.3, -0.25) is 4.79 Å². The second-order valence-electron chi connectivity index (χ2n) is 4.59. The molecule has 10 heteroatoms. The van der Waals surface area contributed by atoms with E-state index in [0.29, 0.717) is 12.0 Å². The van der Waals surface area contributed by atoms with Gasteiger partial charge in [0, 0.05) is 11.6 Å². The average Bonchev–Trinajstić information content (AvgIpc) is 3.01. The fourth-order valence-corrected chi connectivity index (χ4v) is 2.50. The lowest BCUT2D eigenvalue weighted by molar-refractivity contribution is -0.141. The molecule has 0 aliphatic heterocycles. The van der Waals surface area contributed by atoms with Gasteiger partial charge >= 0.3 is 6.18 Å². The molecule has 6 nitrogen and oxygen atoms in total. The van der Waals surface area contributed by atoms with Crippen LogP contribution in [0.25, 0.3) is 11.5 Å². The third-order valence-electron chi connectivity index (χ3n) is 2.83. The Morgan fingerprint density at radius 1 is 1.17 bits per heavy atom. The Balaban J connectivity index is 1.74. The molecule has 0 aliphatic rings. The lowest BCUT2D eigenvalue weighted by atomic mass is 10.2. The summed E-state index contributed by atoms with van der Waals surface area (Å²) in [6.45, 7) is 0. The molecule has 2 heterocycles. The Morgan fingerprint density at radius 3 is 2.62 bits per heavy atom. The first kappa shape index (κ1) is 16.2. The highest BCUT2D eigenvalue weighted by Crippen LogP contribution is 2.28. The summed E-state index contributed by atoms with van der Waals surface area (Å²) >= 11 is 0.864. The van der Waals surface area contributed by atoms with Crippen LogP contribution in [0, 0.1) is 0 Å². The maximum Gasteiger partial charge on any atom is 0.433 e. The zero-order chi connectivity index (χ0) is 17.2. The maximum absolute atomic E-state index is 12.6. The van der Waals surface area contributed by atoms with Crippen LogP contribution in [-0.4, -0.2) is 20.2 Å². The number of alkyl halides is 3. The summed E-state index contributed by atoms with van der Waals surface area (Å²) in [4.78, 5) is 16.9. The Morgan fingerprint density at radius 2 is 1.92 bits per heavy atom. The van der Waals surface area contributed by atoms with Gasteiger partial charge in [-0.2, -0.15) is 13.2 Å². The van der Waals surface area contributed by atoms with Gasteiger partial charge in [0.25, 0.3) is 5.56 Å². The first-order valence-electron chi connectivity index (χ1n) is 6.61. The van der Waals surface area contributed by atoms with E-state index >= 15 is 0 Å². The minimum Gasteiger partial charge on any atom is -0.420 e. The molecule has 0 radical (unpaired) electrons. The normalized spacial score (nSPS) is 11.6. The number of thioether (sulfide) groups is 1. The summed E-state index contributed by atoms with van der Waals surface area (Å²) < 4.78 is 43.3. The van der Waals surface area contributed by atoms with Gasteiger partial charge in [0.1, 0.15) is 0 Å². The molecule has 0 saturated carbocycles. The Bertz CT molecular complexity index is 893. The molecule has 124 valence electrons. The molecule has 0 unspecified atom stereocenters. The highest BCUT2D eigenvalue weighted by atomic mass is 32.2. The Hall–Kier alpha value is -2.62. The number of hydrogen-bond donors (Lipinski definition) is 1. The number of aromatic amines is 1. The van der Waals surface area contributed by atoms with E-state index in [1.54, 1.807) is 12.1 Å². The lowest BCUT2D eigenvalue weighted by Gasteiger charge is -2.06. The van der Waals surface area contributed by atoms with Crippen molar-refractivity contribution in [3.63, 3.8) is 0 Å². The van der Waals surface area contributed by atoms with Crippen LogP contribution in [0.2, 0.25) is 0 Å². The van der Waals surface area contributed by atoms with Crippen LogP contribution in [0.4, 0.5) is 13.2 Å². The first-order chi connectivity index (χ1) is 11.4. The van der Waals surface area contributed by atoms with Crippen molar-refractivity contribution in [2.75, 3.05) is 0 Å². The molecular weight excluding hydrogens is 345 g/mol. The summed E-state index contributed by atoms with van der Waals surface area (Å²) in [6.07, 6.45) is -4.69. The van der Waals surface area contributed by atoms with Crippen molar-refractivity contribution in [1.29, 1.82) is 0 Å².